The molecule has 0 aromatic rings. The second-order valence-electron chi connectivity index (χ2n) is 6.64. The highest BCUT2D eigenvalue weighted by Crippen LogP contribution is 2.16. The van der Waals surface area contributed by atoms with E-state index in [1.807, 2.05) is 6.92 Å². The van der Waals surface area contributed by atoms with E-state index in [1.54, 1.807) is 7.11 Å². The number of ether oxygens (including phenoxy) is 5. The standard InChI is InChI=1S/C20H42O5S/c1-6-9-12-22-15-18(17(4)26)25-20(21-5)19(24-14-11-8-3)16-23-13-10-7-2/h17-20,26H,6-16H2,1-5H3/t17-,18?,19-,20-/m0/s1. The second kappa shape index (κ2) is 18.5. The lowest BCUT2D eigenvalue weighted by Gasteiger charge is -2.31. The maximum absolute atomic E-state index is 6.16. The van der Waals surface area contributed by atoms with E-state index in [9.17, 15) is 0 Å². The van der Waals surface area contributed by atoms with Crippen LogP contribution < -0.4 is 0 Å². The lowest BCUT2D eigenvalue weighted by atomic mass is 10.2. The fraction of sp³-hybridized carbons (Fsp3) is 1.00. The first-order valence-corrected chi connectivity index (χ1v) is 10.8. The molecule has 1 unspecified atom stereocenters. The van der Waals surface area contributed by atoms with Gasteiger partial charge in [-0.2, -0.15) is 12.6 Å². The van der Waals surface area contributed by atoms with Crippen LogP contribution >= 0.6 is 12.6 Å². The van der Waals surface area contributed by atoms with Crippen molar-refractivity contribution in [2.45, 2.75) is 90.0 Å². The van der Waals surface area contributed by atoms with Crippen molar-refractivity contribution >= 4 is 12.6 Å². The molecule has 6 heteroatoms. The Kier molecular flexibility index (Phi) is 18.6. The molecule has 0 aliphatic heterocycles. The first-order chi connectivity index (χ1) is 12.6. The van der Waals surface area contributed by atoms with E-state index >= 15 is 0 Å². The Bertz CT molecular complexity index is 291. The van der Waals surface area contributed by atoms with Crippen LogP contribution in [0.5, 0.6) is 0 Å². The summed E-state index contributed by atoms with van der Waals surface area (Å²) < 4.78 is 29.3. The molecule has 0 radical (unpaired) electrons. The number of unbranched alkanes of at least 4 members (excludes halogenated alkanes) is 3. The summed E-state index contributed by atoms with van der Waals surface area (Å²) >= 11 is 4.55. The highest BCUT2D eigenvalue weighted by molar-refractivity contribution is 7.81. The zero-order valence-corrected chi connectivity index (χ0v) is 18.5. The third-order valence-corrected chi connectivity index (χ3v) is 4.39. The van der Waals surface area contributed by atoms with Gasteiger partial charge in [0.15, 0.2) is 6.29 Å². The molecular weight excluding hydrogens is 352 g/mol. The first-order valence-electron chi connectivity index (χ1n) is 10.2. The zero-order chi connectivity index (χ0) is 19.6. The molecule has 0 fully saturated rings. The summed E-state index contributed by atoms with van der Waals surface area (Å²) in [6.45, 7) is 11.6. The minimum Gasteiger partial charge on any atom is -0.379 e. The molecule has 0 aliphatic rings. The summed E-state index contributed by atoms with van der Waals surface area (Å²) in [5.41, 5.74) is 0. The Balaban J connectivity index is 4.65. The monoisotopic (exact) mass is 394 g/mol. The van der Waals surface area contributed by atoms with Crippen LogP contribution in [0.3, 0.4) is 0 Å². The minimum atomic E-state index is -0.497. The van der Waals surface area contributed by atoms with Gasteiger partial charge in [-0.25, -0.2) is 0 Å². The summed E-state index contributed by atoms with van der Waals surface area (Å²) in [5.74, 6) is 0. The van der Waals surface area contributed by atoms with Gasteiger partial charge in [-0.3, -0.25) is 0 Å². The van der Waals surface area contributed by atoms with Crippen molar-refractivity contribution in [3.63, 3.8) is 0 Å². The van der Waals surface area contributed by atoms with Crippen LogP contribution in [-0.4, -0.2) is 63.9 Å². The highest BCUT2D eigenvalue weighted by atomic mass is 32.1. The number of methoxy groups -OCH3 is 1. The predicted molar refractivity (Wildman–Crippen MR) is 110 cm³/mol. The quantitative estimate of drug-likeness (QED) is 0.199. The molecule has 0 amide bonds. The summed E-state index contributed by atoms with van der Waals surface area (Å²) in [6, 6.07) is 0. The maximum Gasteiger partial charge on any atom is 0.186 e. The van der Waals surface area contributed by atoms with E-state index in [0.29, 0.717) is 19.8 Å². The molecule has 4 atom stereocenters. The molecule has 0 saturated carbocycles. The van der Waals surface area contributed by atoms with Crippen LogP contribution in [0.1, 0.15) is 66.2 Å². The van der Waals surface area contributed by atoms with Gasteiger partial charge in [-0.05, 0) is 19.3 Å². The lowest BCUT2D eigenvalue weighted by molar-refractivity contribution is -0.232. The molecule has 0 aromatic carbocycles. The van der Waals surface area contributed by atoms with Crippen LogP contribution in [0.2, 0.25) is 0 Å². The Morgan fingerprint density at radius 1 is 0.769 bits per heavy atom. The minimum absolute atomic E-state index is 0.0339. The molecule has 0 N–H and O–H groups in total. The predicted octanol–water partition coefficient (Wildman–Crippen LogP) is 4.48. The van der Waals surface area contributed by atoms with Crippen LogP contribution in [-0.2, 0) is 23.7 Å². The van der Waals surface area contributed by atoms with Gasteiger partial charge in [0.2, 0.25) is 0 Å². The molecule has 158 valence electrons. The third kappa shape index (κ3) is 13.3. The van der Waals surface area contributed by atoms with Crippen molar-refractivity contribution < 1.29 is 23.7 Å². The molecule has 0 aliphatic carbocycles. The van der Waals surface area contributed by atoms with Crippen molar-refractivity contribution in [2.75, 3.05) is 40.1 Å². The topological polar surface area (TPSA) is 46.2 Å². The van der Waals surface area contributed by atoms with Crippen LogP contribution in [0.25, 0.3) is 0 Å². The fourth-order valence-corrected chi connectivity index (χ4v) is 2.39. The van der Waals surface area contributed by atoms with Gasteiger partial charge in [-0.1, -0.05) is 47.0 Å². The third-order valence-electron chi connectivity index (χ3n) is 4.06. The molecule has 0 aromatic heterocycles. The van der Waals surface area contributed by atoms with Crippen molar-refractivity contribution in [3.05, 3.63) is 0 Å². The Morgan fingerprint density at radius 2 is 1.27 bits per heavy atom. The van der Waals surface area contributed by atoms with E-state index in [0.717, 1.165) is 51.7 Å². The van der Waals surface area contributed by atoms with Crippen molar-refractivity contribution in [1.82, 2.24) is 0 Å². The number of rotatable bonds is 19. The van der Waals surface area contributed by atoms with Crippen LogP contribution in [0.15, 0.2) is 0 Å². The number of thiol groups is 1. The van der Waals surface area contributed by atoms with Gasteiger partial charge in [0.05, 0.1) is 19.3 Å². The zero-order valence-electron chi connectivity index (χ0n) is 17.6. The molecule has 0 rings (SSSR count). The van der Waals surface area contributed by atoms with Gasteiger partial charge in [-0.15, -0.1) is 0 Å². The summed E-state index contributed by atoms with van der Waals surface area (Å²) in [6.07, 6.45) is 5.50. The fourth-order valence-electron chi connectivity index (χ4n) is 2.24. The molecule has 0 saturated heterocycles. The van der Waals surface area contributed by atoms with Crippen molar-refractivity contribution in [3.8, 4) is 0 Å². The number of hydrogen-bond acceptors (Lipinski definition) is 6. The maximum atomic E-state index is 6.16. The normalized spacial score (nSPS) is 16.4. The molecule has 0 spiro atoms. The first kappa shape index (κ1) is 26.1. The molecular formula is C20H42O5S. The molecule has 0 heterocycles. The lowest BCUT2D eigenvalue weighted by Crippen LogP contribution is -2.43. The van der Waals surface area contributed by atoms with E-state index in [4.69, 9.17) is 23.7 Å². The van der Waals surface area contributed by atoms with Gasteiger partial charge in [0, 0.05) is 32.2 Å². The highest BCUT2D eigenvalue weighted by Gasteiger charge is 2.28. The van der Waals surface area contributed by atoms with E-state index in [-0.39, 0.29) is 17.5 Å². The Labute approximate surface area is 166 Å². The van der Waals surface area contributed by atoms with Crippen molar-refractivity contribution in [2.24, 2.45) is 0 Å². The van der Waals surface area contributed by atoms with Gasteiger partial charge < -0.3 is 23.7 Å². The Morgan fingerprint density at radius 3 is 1.73 bits per heavy atom. The molecule has 0 bridgehead atoms. The second-order valence-corrected chi connectivity index (χ2v) is 7.45. The molecule has 5 nitrogen and oxygen atoms in total. The average Bonchev–Trinajstić information content (AvgIpc) is 2.63. The average molecular weight is 395 g/mol. The van der Waals surface area contributed by atoms with Gasteiger partial charge >= 0.3 is 0 Å². The van der Waals surface area contributed by atoms with Crippen molar-refractivity contribution in [1.29, 1.82) is 0 Å². The van der Waals surface area contributed by atoms with E-state index in [1.165, 1.54) is 0 Å². The Hall–Kier alpha value is 0.150. The van der Waals surface area contributed by atoms with Crippen LogP contribution in [0, 0.1) is 0 Å². The largest absolute Gasteiger partial charge is 0.379 e. The summed E-state index contributed by atoms with van der Waals surface area (Å²) in [7, 11) is 1.64. The van der Waals surface area contributed by atoms with E-state index in [2.05, 4.69) is 33.4 Å². The van der Waals surface area contributed by atoms with Gasteiger partial charge in [0.1, 0.15) is 6.10 Å². The summed E-state index contributed by atoms with van der Waals surface area (Å²) in [4.78, 5) is 0. The summed E-state index contributed by atoms with van der Waals surface area (Å²) in [5, 5.41) is 0.0339. The van der Waals surface area contributed by atoms with Gasteiger partial charge in [0.25, 0.3) is 0 Å². The van der Waals surface area contributed by atoms with Crippen LogP contribution in [0.4, 0.5) is 0 Å². The van der Waals surface area contributed by atoms with E-state index < -0.39 is 6.29 Å². The molecule has 26 heavy (non-hydrogen) atoms. The number of hydrogen-bond donors (Lipinski definition) is 1. The SMILES string of the molecule is CCCCOCC(O[C@H](OC)[C@H](COCCCC)OCCCC)[C@H](C)S. The smallest absolute Gasteiger partial charge is 0.186 e.